The van der Waals surface area contributed by atoms with Gasteiger partial charge in [0.15, 0.2) is 12.2 Å². The third kappa shape index (κ3) is 4.26. The largest absolute Gasteiger partial charge is 0.325 e. The first-order chi connectivity index (χ1) is 16.0. The van der Waals surface area contributed by atoms with Gasteiger partial charge >= 0.3 is 6.03 Å². The highest BCUT2D eigenvalue weighted by molar-refractivity contribution is 6.04. The fraction of sp³-hybridized carbons (Fsp3) is 0.458. The van der Waals surface area contributed by atoms with Gasteiger partial charge in [0, 0.05) is 64.8 Å². The van der Waals surface area contributed by atoms with Gasteiger partial charge in [-0.05, 0) is 12.5 Å². The Morgan fingerprint density at radius 1 is 1.06 bits per heavy atom. The lowest BCUT2D eigenvalue weighted by Gasteiger charge is -2.35. The van der Waals surface area contributed by atoms with Crippen LogP contribution in [0.5, 0.6) is 0 Å². The van der Waals surface area contributed by atoms with Crippen molar-refractivity contribution < 1.29 is 9.59 Å². The molecular formula is C24H31N7O2. The molecule has 1 N–H and O–H groups in total. The lowest BCUT2D eigenvalue weighted by atomic mass is 10.1. The number of benzene rings is 1. The number of likely N-dealkylation sites (N-methyl/N-ethyl adjacent to an activating group) is 1. The van der Waals surface area contributed by atoms with Crippen LogP contribution in [-0.2, 0) is 4.79 Å². The molecule has 4 heterocycles. The zero-order chi connectivity index (χ0) is 22.9. The van der Waals surface area contributed by atoms with Crippen LogP contribution in [0.3, 0.4) is 0 Å². The van der Waals surface area contributed by atoms with Crippen molar-refractivity contribution in [3.63, 3.8) is 0 Å². The lowest BCUT2D eigenvalue weighted by Crippen LogP contribution is -2.62. The smallest absolute Gasteiger partial charge is 0.313 e. The first-order valence-electron chi connectivity index (χ1n) is 11.6. The zero-order valence-corrected chi connectivity index (χ0v) is 19.2. The second-order valence-corrected chi connectivity index (χ2v) is 8.98. The topological polar surface area (TPSA) is 74.7 Å². The molecule has 5 rings (SSSR count). The van der Waals surface area contributed by atoms with E-state index in [1.54, 1.807) is 7.05 Å². The van der Waals surface area contributed by atoms with E-state index in [1.165, 1.54) is 10.5 Å². The van der Waals surface area contributed by atoms with Crippen LogP contribution >= 0.6 is 0 Å². The summed E-state index contributed by atoms with van der Waals surface area (Å²) >= 11 is 0. The molecule has 0 aromatic heterocycles. The number of carbonyl (C=O) groups is 2. The van der Waals surface area contributed by atoms with E-state index in [9.17, 15) is 9.59 Å². The summed E-state index contributed by atoms with van der Waals surface area (Å²) in [6.45, 7) is 8.94. The van der Waals surface area contributed by atoms with Crippen molar-refractivity contribution in [2.75, 3.05) is 52.9 Å². The van der Waals surface area contributed by atoms with Crippen LogP contribution in [0.2, 0.25) is 0 Å². The minimum Gasteiger partial charge on any atom is -0.313 e. The van der Waals surface area contributed by atoms with Gasteiger partial charge in [-0.25, -0.2) is 9.79 Å². The first-order valence-corrected chi connectivity index (χ1v) is 11.6. The summed E-state index contributed by atoms with van der Waals surface area (Å²) in [4.78, 5) is 39.7. The second kappa shape index (κ2) is 8.99. The Hall–Kier alpha value is -3.17. The van der Waals surface area contributed by atoms with Crippen molar-refractivity contribution in [3.05, 3.63) is 53.9 Å². The Morgan fingerprint density at radius 3 is 2.55 bits per heavy atom. The molecule has 0 radical (unpaired) electrons. The molecule has 0 spiro atoms. The van der Waals surface area contributed by atoms with E-state index in [4.69, 9.17) is 4.99 Å². The minimum atomic E-state index is -0.491. The van der Waals surface area contributed by atoms with E-state index in [2.05, 4.69) is 56.4 Å². The van der Waals surface area contributed by atoms with Crippen LogP contribution in [0.25, 0.3) is 6.08 Å². The first kappa shape index (κ1) is 21.7. The number of carbonyl (C=O) groups excluding carboxylic acids is 2. The van der Waals surface area contributed by atoms with Gasteiger partial charge in [0.05, 0.1) is 0 Å². The number of hydrogen-bond acceptors (Lipinski definition) is 7. The van der Waals surface area contributed by atoms with Crippen LogP contribution in [-0.4, -0.2) is 107 Å². The van der Waals surface area contributed by atoms with Crippen molar-refractivity contribution in [3.8, 4) is 0 Å². The third-order valence-electron chi connectivity index (χ3n) is 6.85. The normalized spacial score (nSPS) is 25.9. The molecule has 3 amide bonds. The van der Waals surface area contributed by atoms with Gasteiger partial charge in [0.25, 0.3) is 5.91 Å². The number of allylic oxidation sites excluding steroid dienone is 1. The maximum atomic E-state index is 12.4. The Morgan fingerprint density at radius 2 is 1.79 bits per heavy atom. The number of piperazine rings is 1. The molecule has 2 saturated heterocycles. The molecule has 4 aliphatic rings. The van der Waals surface area contributed by atoms with Crippen LogP contribution in [0.4, 0.5) is 4.79 Å². The Bertz CT molecular complexity index is 997. The number of guanidine groups is 1. The number of aliphatic imine (C=N–C) groups is 1. The Balaban J connectivity index is 1.12. The summed E-state index contributed by atoms with van der Waals surface area (Å²) in [5.74, 6) is 0.481. The van der Waals surface area contributed by atoms with Gasteiger partial charge in [-0.3, -0.25) is 19.9 Å². The number of urea groups is 1. The summed E-state index contributed by atoms with van der Waals surface area (Å²) in [5.41, 5.74) is 2.31. The summed E-state index contributed by atoms with van der Waals surface area (Å²) in [5, 5.41) is 2.42. The highest BCUT2D eigenvalue weighted by atomic mass is 16.2. The predicted octanol–water partition coefficient (Wildman–Crippen LogP) is 1.04. The van der Waals surface area contributed by atoms with E-state index < -0.39 is 18.2 Å². The average Bonchev–Trinajstić information content (AvgIpc) is 3.33. The lowest BCUT2D eigenvalue weighted by molar-refractivity contribution is -0.126. The molecule has 0 bridgehead atoms. The fourth-order valence-electron chi connectivity index (χ4n) is 4.86. The number of nitrogens with zero attached hydrogens (tertiary/aromatic N) is 6. The SMILES string of the molecule is CC1=CN2C(=NC3C2C(=O)NC(=O)N3C)N1CCN1CCN(C/C=C/c2ccccc2)CC1. The minimum absolute atomic E-state index is 0.287. The summed E-state index contributed by atoms with van der Waals surface area (Å²) in [7, 11) is 1.68. The van der Waals surface area contributed by atoms with Gasteiger partial charge in [0.1, 0.15) is 0 Å². The van der Waals surface area contributed by atoms with Crippen molar-refractivity contribution >= 4 is 24.0 Å². The molecule has 1 aromatic rings. The van der Waals surface area contributed by atoms with Crippen LogP contribution < -0.4 is 5.32 Å². The Labute approximate surface area is 194 Å². The maximum Gasteiger partial charge on any atom is 0.325 e. The number of rotatable bonds is 6. The molecule has 0 saturated carbocycles. The summed E-state index contributed by atoms with van der Waals surface area (Å²) in [6.07, 6.45) is 5.93. The van der Waals surface area contributed by atoms with Crippen LogP contribution in [0.1, 0.15) is 12.5 Å². The zero-order valence-electron chi connectivity index (χ0n) is 19.2. The Kier molecular flexibility index (Phi) is 5.90. The molecule has 2 unspecified atom stereocenters. The van der Waals surface area contributed by atoms with E-state index in [0.29, 0.717) is 0 Å². The highest BCUT2D eigenvalue weighted by Crippen LogP contribution is 2.31. The number of hydrogen-bond donors (Lipinski definition) is 1. The molecule has 4 aliphatic heterocycles. The number of imide groups is 1. The van der Waals surface area contributed by atoms with Gasteiger partial charge in [-0.1, -0.05) is 42.5 Å². The molecule has 9 nitrogen and oxygen atoms in total. The number of amides is 3. The van der Waals surface area contributed by atoms with Crippen molar-refractivity contribution in [1.29, 1.82) is 0 Å². The molecule has 0 aliphatic carbocycles. The monoisotopic (exact) mass is 449 g/mol. The van der Waals surface area contributed by atoms with Crippen LogP contribution in [0, 0.1) is 0 Å². The quantitative estimate of drug-likeness (QED) is 0.700. The molecular weight excluding hydrogens is 418 g/mol. The summed E-state index contributed by atoms with van der Waals surface area (Å²) in [6, 6.07) is 9.52. The van der Waals surface area contributed by atoms with Crippen molar-refractivity contribution in [1.82, 2.24) is 29.8 Å². The van der Waals surface area contributed by atoms with Gasteiger partial charge in [0.2, 0.25) is 5.96 Å². The molecule has 1 aromatic carbocycles. The molecule has 2 atom stereocenters. The second-order valence-electron chi connectivity index (χ2n) is 8.98. The summed E-state index contributed by atoms with van der Waals surface area (Å²) < 4.78 is 0. The van der Waals surface area contributed by atoms with Gasteiger partial charge < -0.3 is 14.7 Å². The van der Waals surface area contributed by atoms with E-state index >= 15 is 0 Å². The van der Waals surface area contributed by atoms with Crippen molar-refractivity contribution in [2.45, 2.75) is 19.1 Å². The maximum absolute atomic E-state index is 12.4. The fourth-order valence-corrected chi connectivity index (χ4v) is 4.86. The molecule has 9 heteroatoms. The highest BCUT2D eigenvalue weighted by Gasteiger charge is 2.51. The molecule has 33 heavy (non-hydrogen) atoms. The standard InChI is InChI=1S/C24H31N7O2/c1-18-17-31-20-21(27(2)24(33)26-22(20)32)25-23(31)30(18)16-15-29-13-11-28(12-14-29)10-6-9-19-7-4-3-5-8-19/h3-9,17,20-21H,10-16H2,1-2H3,(H,26,32,33)/b9-6+. The number of fused-ring (bicyclic) bond motifs is 3. The molecule has 174 valence electrons. The predicted molar refractivity (Wildman–Crippen MR) is 127 cm³/mol. The van der Waals surface area contributed by atoms with Crippen molar-refractivity contribution in [2.24, 2.45) is 4.99 Å². The average molecular weight is 450 g/mol. The number of nitrogens with one attached hydrogen (secondary N) is 1. The van der Waals surface area contributed by atoms with E-state index in [-0.39, 0.29) is 5.91 Å². The van der Waals surface area contributed by atoms with Gasteiger partial charge in [-0.15, -0.1) is 0 Å². The molecule has 2 fully saturated rings. The van der Waals surface area contributed by atoms with E-state index in [1.807, 2.05) is 24.1 Å². The third-order valence-corrected chi connectivity index (χ3v) is 6.85. The van der Waals surface area contributed by atoms with E-state index in [0.717, 1.165) is 57.5 Å². The van der Waals surface area contributed by atoms with Crippen LogP contribution in [0.15, 0.2) is 53.3 Å². The van der Waals surface area contributed by atoms with Gasteiger partial charge in [-0.2, -0.15) is 0 Å².